The highest BCUT2D eigenvalue weighted by atomic mass is 32.2. The number of amides is 1. The number of hydrogen-bond acceptors (Lipinski definition) is 5. The Labute approximate surface area is 162 Å². The summed E-state index contributed by atoms with van der Waals surface area (Å²) >= 11 is 2.05. The molecule has 0 bridgehead atoms. The van der Waals surface area contributed by atoms with Crippen molar-refractivity contribution in [3.05, 3.63) is 0 Å². The van der Waals surface area contributed by atoms with Crippen molar-refractivity contribution in [2.45, 2.75) is 19.1 Å². The molecule has 7 nitrogen and oxygen atoms in total. The number of morpholine rings is 1. The Balaban J connectivity index is 1.93. The normalized spacial score (nSPS) is 22.6. The SMILES string of the molecule is CC(C)C1CN(C(=NCC(=O)N(C)C)NCCN2CCOCC2)CCS1. The fourth-order valence-corrected chi connectivity index (χ4v) is 4.27. The van der Waals surface area contributed by atoms with E-state index in [2.05, 4.69) is 34.0 Å². The van der Waals surface area contributed by atoms with E-state index in [-0.39, 0.29) is 12.5 Å². The van der Waals surface area contributed by atoms with Gasteiger partial charge in [-0.1, -0.05) is 13.8 Å². The standard InChI is InChI=1S/C18H35N5O2S/c1-15(2)16-14-23(9-12-26-16)18(20-13-17(24)21(3)4)19-5-6-22-7-10-25-11-8-22/h15-16H,5-14H2,1-4H3,(H,19,20). The zero-order valence-electron chi connectivity index (χ0n) is 16.7. The highest BCUT2D eigenvalue weighted by Gasteiger charge is 2.25. The molecule has 1 atom stereocenters. The summed E-state index contributed by atoms with van der Waals surface area (Å²) in [7, 11) is 3.55. The number of likely N-dealkylation sites (N-methyl/N-ethyl adjacent to an activating group) is 1. The Morgan fingerprint density at radius 2 is 2.04 bits per heavy atom. The lowest BCUT2D eigenvalue weighted by molar-refractivity contribution is -0.127. The molecule has 0 saturated carbocycles. The van der Waals surface area contributed by atoms with Crippen molar-refractivity contribution < 1.29 is 9.53 Å². The third-order valence-electron chi connectivity index (χ3n) is 4.81. The van der Waals surface area contributed by atoms with Gasteiger partial charge in [-0.05, 0) is 5.92 Å². The van der Waals surface area contributed by atoms with Gasteiger partial charge in [-0.15, -0.1) is 0 Å². The molecule has 0 aromatic carbocycles. The number of aliphatic imine (C=N–C) groups is 1. The maximum Gasteiger partial charge on any atom is 0.243 e. The highest BCUT2D eigenvalue weighted by molar-refractivity contribution is 8.00. The molecule has 0 aromatic rings. The molecular weight excluding hydrogens is 350 g/mol. The summed E-state index contributed by atoms with van der Waals surface area (Å²) in [6.07, 6.45) is 0. The molecule has 150 valence electrons. The fraction of sp³-hybridized carbons (Fsp3) is 0.889. The topological polar surface area (TPSA) is 60.4 Å². The Morgan fingerprint density at radius 1 is 1.31 bits per heavy atom. The van der Waals surface area contributed by atoms with Crippen LogP contribution in [0.15, 0.2) is 4.99 Å². The van der Waals surface area contributed by atoms with Crippen molar-refractivity contribution >= 4 is 23.6 Å². The molecule has 0 spiro atoms. The van der Waals surface area contributed by atoms with Gasteiger partial charge in [0, 0.05) is 64.4 Å². The van der Waals surface area contributed by atoms with E-state index >= 15 is 0 Å². The molecule has 1 N–H and O–H groups in total. The van der Waals surface area contributed by atoms with E-state index in [1.807, 2.05) is 11.8 Å². The molecule has 0 aliphatic carbocycles. The Morgan fingerprint density at radius 3 is 2.69 bits per heavy atom. The number of ether oxygens (including phenoxy) is 1. The maximum absolute atomic E-state index is 12.0. The van der Waals surface area contributed by atoms with E-state index in [0.29, 0.717) is 11.2 Å². The number of nitrogens with zero attached hydrogens (tertiary/aromatic N) is 4. The molecular formula is C18H35N5O2S. The van der Waals surface area contributed by atoms with Crippen LogP contribution >= 0.6 is 11.8 Å². The van der Waals surface area contributed by atoms with Crippen molar-refractivity contribution in [1.29, 1.82) is 0 Å². The zero-order valence-corrected chi connectivity index (χ0v) is 17.6. The van der Waals surface area contributed by atoms with Gasteiger partial charge < -0.3 is 19.9 Å². The molecule has 2 rings (SSSR count). The van der Waals surface area contributed by atoms with Crippen molar-refractivity contribution in [2.24, 2.45) is 10.9 Å². The van der Waals surface area contributed by atoms with Crippen LogP contribution in [-0.4, -0.2) is 111 Å². The first-order valence-corrected chi connectivity index (χ1v) is 10.7. The zero-order chi connectivity index (χ0) is 18.9. The van der Waals surface area contributed by atoms with Crippen LogP contribution < -0.4 is 5.32 Å². The van der Waals surface area contributed by atoms with Crippen molar-refractivity contribution in [2.75, 3.05) is 78.9 Å². The lowest BCUT2D eigenvalue weighted by Gasteiger charge is -2.36. The number of rotatable bonds is 6. The van der Waals surface area contributed by atoms with E-state index < -0.39 is 0 Å². The van der Waals surface area contributed by atoms with Crippen molar-refractivity contribution in [3.8, 4) is 0 Å². The van der Waals surface area contributed by atoms with Gasteiger partial charge in [0.05, 0.1) is 13.2 Å². The van der Waals surface area contributed by atoms with Crippen LogP contribution in [0, 0.1) is 5.92 Å². The smallest absolute Gasteiger partial charge is 0.243 e. The second-order valence-corrected chi connectivity index (χ2v) is 8.76. The van der Waals surface area contributed by atoms with E-state index in [1.54, 1.807) is 19.0 Å². The van der Waals surface area contributed by atoms with Gasteiger partial charge in [0.2, 0.25) is 5.91 Å². The first kappa shape index (κ1) is 21.3. The summed E-state index contributed by atoms with van der Waals surface area (Å²) in [6, 6.07) is 0. The first-order valence-electron chi connectivity index (χ1n) is 9.62. The summed E-state index contributed by atoms with van der Waals surface area (Å²) in [5.41, 5.74) is 0. The monoisotopic (exact) mass is 385 g/mol. The number of carbonyl (C=O) groups excluding carboxylic acids is 1. The summed E-state index contributed by atoms with van der Waals surface area (Å²) in [4.78, 5) is 22.9. The van der Waals surface area contributed by atoms with Crippen molar-refractivity contribution in [1.82, 2.24) is 20.0 Å². The molecule has 2 fully saturated rings. The lowest BCUT2D eigenvalue weighted by atomic mass is 10.1. The minimum atomic E-state index is 0.0317. The largest absolute Gasteiger partial charge is 0.379 e. The Bertz CT molecular complexity index is 466. The van der Waals surface area contributed by atoms with Crippen LogP contribution in [0.25, 0.3) is 0 Å². The third-order valence-corrected chi connectivity index (χ3v) is 6.35. The third kappa shape index (κ3) is 6.96. The fourth-order valence-electron chi connectivity index (χ4n) is 2.97. The Kier molecular flexibility index (Phi) is 9.01. The van der Waals surface area contributed by atoms with Gasteiger partial charge in [-0.25, -0.2) is 4.99 Å². The van der Waals surface area contributed by atoms with Gasteiger partial charge in [0.25, 0.3) is 0 Å². The average molecular weight is 386 g/mol. The molecule has 8 heteroatoms. The van der Waals surface area contributed by atoms with E-state index in [1.165, 1.54) is 0 Å². The van der Waals surface area contributed by atoms with E-state index in [0.717, 1.165) is 64.2 Å². The molecule has 2 saturated heterocycles. The van der Waals surface area contributed by atoms with Gasteiger partial charge in [0.15, 0.2) is 5.96 Å². The molecule has 2 aliphatic rings. The highest BCUT2D eigenvalue weighted by Crippen LogP contribution is 2.24. The van der Waals surface area contributed by atoms with Crippen molar-refractivity contribution in [3.63, 3.8) is 0 Å². The number of guanidine groups is 1. The van der Waals surface area contributed by atoms with E-state index in [4.69, 9.17) is 4.74 Å². The van der Waals surface area contributed by atoms with Crippen LogP contribution in [0.4, 0.5) is 0 Å². The maximum atomic E-state index is 12.0. The number of hydrogen-bond donors (Lipinski definition) is 1. The van der Waals surface area contributed by atoms with Gasteiger partial charge >= 0.3 is 0 Å². The second-order valence-electron chi connectivity index (χ2n) is 7.41. The summed E-state index contributed by atoms with van der Waals surface area (Å²) in [5.74, 6) is 2.65. The molecule has 1 amide bonds. The van der Waals surface area contributed by atoms with Crippen LogP contribution in [0.3, 0.4) is 0 Å². The summed E-state index contributed by atoms with van der Waals surface area (Å²) in [5, 5.41) is 4.11. The van der Waals surface area contributed by atoms with Crippen LogP contribution in [0.1, 0.15) is 13.8 Å². The number of carbonyl (C=O) groups is 1. The molecule has 1 unspecified atom stereocenters. The number of thioether (sulfide) groups is 1. The molecule has 0 aromatic heterocycles. The molecule has 2 heterocycles. The van der Waals surface area contributed by atoms with Crippen LogP contribution in [0.2, 0.25) is 0 Å². The van der Waals surface area contributed by atoms with Crippen LogP contribution in [0.5, 0.6) is 0 Å². The van der Waals surface area contributed by atoms with Gasteiger partial charge in [-0.3, -0.25) is 9.69 Å². The lowest BCUT2D eigenvalue weighted by Crippen LogP contribution is -2.51. The second kappa shape index (κ2) is 11.0. The van der Waals surface area contributed by atoms with Crippen LogP contribution in [-0.2, 0) is 9.53 Å². The quantitative estimate of drug-likeness (QED) is 0.528. The molecule has 2 aliphatic heterocycles. The summed E-state index contributed by atoms with van der Waals surface area (Å²) in [6.45, 7) is 12.1. The average Bonchev–Trinajstić information content (AvgIpc) is 2.65. The van der Waals surface area contributed by atoms with E-state index in [9.17, 15) is 4.79 Å². The predicted octanol–water partition coefficient (Wildman–Crippen LogP) is 0.426. The van der Waals surface area contributed by atoms with Gasteiger partial charge in [-0.2, -0.15) is 11.8 Å². The minimum absolute atomic E-state index is 0.0317. The van der Waals surface area contributed by atoms with Gasteiger partial charge in [0.1, 0.15) is 6.54 Å². The minimum Gasteiger partial charge on any atom is -0.379 e. The first-order chi connectivity index (χ1) is 12.5. The predicted molar refractivity (Wildman–Crippen MR) is 109 cm³/mol. The molecule has 26 heavy (non-hydrogen) atoms. The summed E-state index contributed by atoms with van der Waals surface area (Å²) < 4.78 is 5.41. The number of nitrogens with one attached hydrogen (secondary N) is 1. The Hall–Kier alpha value is -0.990. The molecule has 0 radical (unpaired) electrons.